The van der Waals surface area contributed by atoms with Gasteiger partial charge < -0.3 is 28.6 Å². The molecule has 2 aliphatic rings. The van der Waals surface area contributed by atoms with Gasteiger partial charge in [-0.2, -0.15) is 0 Å². The molecule has 0 unspecified atom stereocenters. The van der Waals surface area contributed by atoms with E-state index >= 15 is 0 Å². The van der Waals surface area contributed by atoms with Crippen LogP contribution in [-0.4, -0.2) is 44.8 Å². The Morgan fingerprint density at radius 1 is 0.971 bits per heavy atom. The Balaban J connectivity index is 1.47. The van der Waals surface area contributed by atoms with Gasteiger partial charge in [0, 0.05) is 13.0 Å². The first-order valence-electron chi connectivity index (χ1n) is 11.3. The van der Waals surface area contributed by atoms with Gasteiger partial charge in [-0.3, -0.25) is 4.79 Å². The average Bonchev–Trinajstić information content (AvgIpc) is 3.36. The highest BCUT2D eigenvalue weighted by Crippen LogP contribution is 2.43. The van der Waals surface area contributed by atoms with Gasteiger partial charge in [-0.05, 0) is 65.2 Å². The number of hydrogen-bond donors (Lipinski definition) is 0. The third-order valence-corrected chi connectivity index (χ3v) is 6.36. The number of hydrogen-bond acceptors (Lipinski definition) is 6. The third-order valence-electron chi connectivity index (χ3n) is 6.36. The number of likely N-dealkylation sites (tertiary alicyclic amines) is 1. The number of amides is 1. The lowest BCUT2D eigenvalue weighted by Crippen LogP contribution is -2.60. The minimum absolute atomic E-state index is 0.162. The van der Waals surface area contributed by atoms with E-state index in [4.69, 9.17) is 23.7 Å². The highest BCUT2D eigenvalue weighted by atomic mass is 19.1. The molecule has 3 aromatic carbocycles. The fourth-order valence-electron chi connectivity index (χ4n) is 4.64. The molecule has 0 aliphatic carbocycles. The topological polar surface area (TPSA) is 66.5 Å². The van der Waals surface area contributed by atoms with E-state index in [1.54, 1.807) is 26.2 Å². The van der Waals surface area contributed by atoms with E-state index < -0.39 is 6.10 Å². The summed E-state index contributed by atoms with van der Waals surface area (Å²) < 4.78 is 41.4. The van der Waals surface area contributed by atoms with E-state index in [2.05, 4.69) is 6.07 Å². The van der Waals surface area contributed by atoms with Crippen molar-refractivity contribution in [1.29, 1.82) is 0 Å². The predicted molar refractivity (Wildman–Crippen MR) is 126 cm³/mol. The largest absolute Gasteiger partial charge is 0.493 e. The zero-order valence-electron chi connectivity index (χ0n) is 19.7. The van der Waals surface area contributed by atoms with Crippen molar-refractivity contribution in [2.45, 2.75) is 25.1 Å². The molecule has 1 fully saturated rings. The molecule has 5 rings (SSSR count). The summed E-state index contributed by atoms with van der Waals surface area (Å²) in [4.78, 5) is 15.1. The van der Waals surface area contributed by atoms with Gasteiger partial charge in [0.15, 0.2) is 11.5 Å². The zero-order valence-corrected chi connectivity index (χ0v) is 19.7. The van der Waals surface area contributed by atoms with Gasteiger partial charge in [0.05, 0.1) is 27.9 Å². The summed E-state index contributed by atoms with van der Waals surface area (Å²) in [7, 11) is 4.65. The molecule has 0 bridgehead atoms. The molecule has 182 valence electrons. The molecule has 0 N–H and O–H groups in total. The maximum atomic E-state index is 13.4. The summed E-state index contributed by atoms with van der Waals surface area (Å²) in [5.74, 6) is 2.29. The fourth-order valence-corrected chi connectivity index (χ4v) is 4.64. The van der Waals surface area contributed by atoms with Gasteiger partial charge in [-0.15, -0.1) is 0 Å². The van der Waals surface area contributed by atoms with E-state index in [1.807, 2.05) is 24.3 Å². The minimum Gasteiger partial charge on any atom is -0.493 e. The van der Waals surface area contributed by atoms with Crippen LogP contribution in [0.4, 0.5) is 4.39 Å². The van der Waals surface area contributed by atoms with Crippen molar-refractivity contribution < 1.29 is 32.9 Å². The monoisotopic (exact) mass is 479 g/mol. The van der Waals surface area contributed by atoms with Crippen LogP contribution in [0.15, 0.2) is 54.6 Å². The summed E-state index contributed by atoms with van der Waals surface area (Å²) in [6.45, 7) is 0.962. The number of carbonyl (C=O) groups is 1. The lowest BCUT2D eigenvalue weighted by Gasteiger charge is -2.47. The van der Waals surface area contributed by atoms with Crippen molar-refractivity contribution in [3.63, 3.8) is 0 Å². The molecule has 1 amide bonds. The number of β-lactam (4-membered cyclic amide) rings is 1. The van der Waals surface area contributed by atoms with Gasteiger partial charge in [0.1, 0.15) is 23.4 Å². The Morgan fingerprint density at radius 2 is 1.69 bits per heavy atom. The number of fused-ring (bicyclic) bond motifs is 1. The van der Waals surface area contributed by atoms with Crippen molar-refractivity contribution in [1.82, 2.24) is 4.90 Å². The Labute approximate surface area is 202 Å². The lowest BCUT2D eigenvalue weighted by atomic mass is 9.88. The summed E-state index contributed by atoms with van der Waals surface area (Å²) in [6.07, 6.45) is 0.0862. The molecule has 2 heterocycles. The van der Waals surface area contributed by atoms with Crippen molar-refractivity contribution >= 4 is 5.91 Å². The number of halogens is 1. The van der Waals surface area contributed by atoms with Crippen molar-refractivity contribution in [3.8, 4) is 28.7 Å². The van der Waals surface area contributed by atoms with E-state index in [0.29, 0.717) is 36.1 Å². The van der Waals surface area contributed by atoms with Crippen molar-refractivity contribution in [2.24, 2.45) is 0 Å². The first-order chi connectivity index (χ1) is 17.0. The molecule has 2 atom stereocenters. The van der Waals surface area contributed by atoms with Crippen LogP contribution in [-0.2, 0) is 17.8 Å². The molecule has 0 radical (unpaired) electrons. The standard InChI is InChI=1S/C27H26FNO6/c1-31-22-12-16(13-23(32-2)25(22)33-3)15-29-24(18-4-9-21-17(14-18)10-11-34-21)26(27(29)30)35-20-7-5-19(28)6-8-20/h4-9,12-14,24,26H,10-11,15H2,1-3H3/t24-,26-/m0/s1. The number of methoxy groups -OCH3 is 3. The van der Waals surface area contributed by atoms with E-state index in [-0.39, 0.29) is 17.8 Å². The molecule has 0 aromatic heterocycles. The normalized spacial score (nSPS) is 18.4. The maximum Gasteiger partial charge on any atom is 0.267 e. The smallest absolute Gasteiger partial charge is 0.267 e. The van der Waals surface area contributed by atoms with E-state index in [9.17, 15) is 9.18 Å². The van der Waals surface area contributed by atoms with Gasteiger partial charge in [0.2, 0.25) is 11.9 Å². The second-order valence-electron chi connectivity index (χ2n) is 8.40. The molecule has 2 aliphatic heterocycles. The molecular weight excluding hydrogens is 453 g/mol. The number of carbonyl (C=O) groups excluding carboxylic acids is 1. The number of benzene rings is 3. The summed E-state index contributed by atoms with van der Waals surface area (Å²) >= 11 is 0. The van der Waals surface area contributed by atoms with Crippen molar-refractivity contribution in [2.75, 3.05) is 27.9 Å². The van der Waals surface area contributed by atoms with Crippen LogP contribution in [0.5, 0.6) is 28.7 Å². The molecule has 1 saturated heterocycles. The number of ether oxygens (including phenoxy) is 5. The summed E-state index contributed by atoms with van der Waals surface area (Å²) in [5, 5.41) is 0. The Hall–Kier alpha value is -3.94. The highest BCUT2D eigenvalue weighted by Gasteiger charge is 2.50. The molecule has 8 heteroatoms. The lowest BCUT2D eigenvalue weighted by molar-refractivity contribution is -0.165. The Bertz CT molecular complexity index is 1220. The summed E-state index contributed by atoms with van der Waals surface area (Å²) in [6, 6.07) is 15.0. The van der Waals surface area contributed by atoms with E-state index in [0.717, 1.165) is 28.9 Å². The van der Waals surface area contributed by atoms with Crippen LogP contribution in [0.25, 0.3) is 0 Å². The second kappa shape index (κ2) is 9.37. The second-order valence-corrected chi connectivity index (χ2v) is 8.40. The van der Waals surface area contributed by atoms with Gasteiger partial charge in [-0.1, -0.05) is 6.07 Å². The predicted octanol–water partition coefficient (Wildman–Crippen LogP) is 4.32. The fraction of sp³-hybridized carbons (Fsp3) is 0.296. The van der Waals surface area contributed by atoms with Crippen LogP contribution in [0.2, 0.25) is 0 Å². The van der Waals surface area contributed by atoms with Crippen LogP contribution in [0.1, 0.15) is 22.7 Å². The SMILES string of the molecule is COc1cc(CN2C(=O)[C@@H](Oc3ccc(F)cc3)[C@@H]2c2ccc3c(c2)CCO3)cc(OC)c1OC. The zero-order chi connectivity index (χ0) is 24.5. The van der Waals surface area contributed by atoms with Gasteiger partial charge in [-0.25, -0.2) is 4.39 Å². The minimum atomic E-state index is -0.733. The third kappa shape index (κ3) is 4.20. The summed E-state index contributed by atoms with van der Waals surface area (Å²) in [5.41, 5.74) is 2.88. The van der Waals surface area contributed by atoms with Crippen LogP contribution >= 0.6 is 0 Å². The Kier molecular flexibility index (Phi) is 6.11. The maximum absolute atomic E-state index is 13.4. The van der Waals surface area contributed by atoms with Crippen LogP contribution in [0.3, 0.4) is 0 Å². The molecule has 35 heavy (non-hydrogen) atoms. The average molecular weight is 480 g/mol. The molecule has 3 aromatic rings. The van der Waals surface area contributed by atoms with Gasteiger partial charge >= 0.3 is 0 Å². The Morgan fingerprint density at radius 3 is 2.34 bits per heavy atom. The quantitative estimate of drug-likeness (QED) is 0.449. The highest BCUT2D eigenvalue weighted by molar-refractivity contribution is 5.89. The van der Waals surface area contributed by atoms with Crippen LogP contribution < -0.4 is 23.7 Å². The van der Waals surface area contributed by atoms with Crippen LogP contribution in [0, 0.1) is 5.82 Å². The number of rotatable bonds is 8. The molecular formula is C27H26FNO6. The first-order valence-corrected chi connectivity index (χ1v) is 11.3. The van der Waals surface area contributed by atoms with Crippen molar-refractivity contribution in [3.05, 3.63) is 77.1 Å². The number of nitrogens with zero attached hydrogens (tertiary/aromatic N) is 1. The molecule has 7 nitrogen and oxygen atoms in total. The van der Waals surface area contributed by atoms with E-state index in [1.165, 1.54) is 24.3 Å². The first kappa shape index (κ1) is 22.8. The van der Waals surface area contributed by atoms with Gasteiger partial charge in [0.25, 0.3) is 5.91 Å². The molecule has 0 saturated carbocycles. The molecule has 0 spiro atoms.